The Morgan fingerprint density at radius 3 is 2.67 bits per heavy atom. The van der Waals surface area contributed by atoms with E-state index in [1.54, 1.807) is 0 Å². The van der Waals surface area contributed by atoms with Gasteiger partial charge in [0.05, 0.1) is 18.6 Å². The fraction of sp³-hybridized carbons (Fsp3) is 0.318. The van der Waals surface area contributed by atoms with E-state index in [9.17, 15) is 26.7 Å². The number of benzene rings is 1. The van der Waals surface area contributed by atoms with Crippen molar-refractivity contribution in [3.8, 4) is 5.88 Å². The zero-order valence-corrected chi connectivity index (χ0v) is 18.3. The van der Waals surface area contributed by atoms with E-state index in [2.05, 4.69) is 24.7 Å². The predicted molar refractivity (Wildman–Crippen MR) is 112 cm³/mol. The number of ketones is 1. The zero-order valence-electron chi connectivity index (χ0n) is 18.3. The molecule has 0 radical (unpaired) electrons. The molecule has 0 saturated carbocycles. The first kappa shape index (κ1) is 25.0. The van der Waals surface area contributed by atoms with Gasteiger partial charge in [0.1, 0.15) is 30.0 Å². The SMILES string of the molecule is NC1=N[C@](CF)(c2cc(CC(=O)c3cnc(OCc4ncco4)cn3)ccc2F)C[C@@H](C(F)(F)F)O1. The van der Waals surface area contributed by atoms with Gasteiger partial charge in [0.2, 0.25) is 11.8 Å². The van der Waals surface area contributed by atoms with Gasteiger partial charge in [0.15, 0.2) is 18.5 Å². The molecular formula is C22H18F5N5O4. The van der Waals surface area contributed by atoms with Crippen molar-refractivity contribution in [2.45, 2.75) is 37.3 Å². The number of carbonyl (C=O) groups is 1. The molecule has 2 aromatic heterocycles. The molecular weight excluding hydrogens is 493 g/mol. The van der Waals surface area contributed by atoms with Gasteiger partial charge in [-0.15, -0.1) is 0 Å². The summed E-state index contributed by atoms with van der Waals surface area (Å²) in [6.07, 6.45) is -3.51. The van der Waals surface area contributed by atoms with Crippen molar-refractivity contribution in [2.24, 2.45) is 10.7 Å². The molecule has 14 heteroatoms. The lowest BCUT2D eigenvalue weighted by Gasteiger charge is -2.36. The third-order valence-electron chi connectivity index (χ3n) is 5.33. The van der Waals surface area contributed by atoms with Gasteiger partial charge in [0, 0.05) is 18.4 Å². The Kier molecular flexibility index (Phi) is 6.86. The molecule has 0 bridgehead atoms. The smallest absolute Gasteiger partial charge is 0.425 e. The van der Waals surface area contributed by atoms with E-state index >= 15 is 0 Å². The number of aliphatic imine (C=N–C) groups is 1. The van der Waals surface area contributed by atoms with Crippen LogP contribution >= 0.6 is 0 Å². The lowest BCUT2D eigenvalue weighted by molar-refractivity contribution is -0.209. The van der Waals surface area contributed by atoms with Gasteiger partial charge in [-0.3, -0.25) is 4.79 Å². The second-order valence-corrected chi connectivity index (χ2v) is 7.84. The Bertz CT molecular complexity index is 1250. The molecule has 1 aliphatic rings. The molecule has 0 unspecified atom stereocenters. The van der Waals surface area contributed by atoms with E-state index in [4.69, 9.17) is 14.9 Å². The van der Waals surface area contributed by atoms with Gasteiger partial charge >= 0.3 is 6.18 Å². The van der Waals surface area contributed by atoms with Crippen molar-refractivity contribution < 1.29 is 40.6 Å². The number of hydrogen-bond acceptors (Lipinski definition) is 9. The molecule has 190 valence electrons. The van der Waals surface area contributed by atoms with Crippen LogP contribution in [0.15, 0.2) is 52.5 Å². The Morgan fingerprint density at radius 1 is 1.22 bits per heavy atom. The molecule has 0 amide bonds. The first-order chi connectivity index (χ1) is 17.1. The van der Waals surface area contributed by atoms with Crippen LogP contribution in [0.4, 0.5) is 22.0 Å². The summed E-state index contributed by atoms with van der Waals surface area (Å²) in [4.78, 5) is 28.2. The highest BCUT2D eigenvalue weighted by Gasteiger charge is 2.52. The van der Waals surface area contributed by atoms with Crippen LogP contribution in [0.2, 0.25) is 0 Å². The summed E-state index contributed by atoms with van der Waals surface area (Å²) in [6.45, 7) is -1.48. The highest BCUT2D eigenvalue weighted by Crippen LogP contribution is 2.41. The van der Waals surface area contributed by atoms with Crippen LogP contribution in [0.25, 0.3) is 0 Å². The average Bonchev–Trinajstić information content (AvgIpc) is 3.37. The number of aromatic nitrogens is 3. The van der Waals surface area contributed by atoms with E-state index in [-0.39, 0.29) is 30.2 Å². The molecule has 9 nitrogen and oxygen atoms in total. The summed E-state index contributed by atoms with van der Waals surface area (Å²) in [6, 6.07) is 2.34. The molecule has 0 fully saturated rings. The highest BCUT2D eigenvalue weighted by atomic mass is 19.4. The van der Waals surface area contributed by atoms with Crippen LogP contribution in [-0.4, -0.2) is 45.7 Å². The number of alkyl halides is 4. The maximum absolute atomic E-state index is 14.7. The van der Waals surface area contributed by atoms with Crippen molar-refractivity contribution in [3.05, 3.63) is 71.6 Å². The molecule has 36 heavy (non-hydrogen) atoms. The minimum atomic E-state index is -4.88. The highest BCUT2D eigenvalue weighted by molar-refractivity contribution is 5.95. The average molecular weight is 511 g/mol. The van der Waals surface area contributed by atoms with E-state index in [0.29, 0.717) is 5.89 Å². The number of nitrogens with zero attached hydrogens (tertiary/aromatic N) is 4. The van der Waals surface area contributed by atoms with E-state index in [1.807, 2.05) is 0 Å². The van der Waals surface area contributed by atoms with E-state index in [1.165, 1.54) is 24.7 Å². The maximum Gasteiger partial charge on any atom is 0.425 e. The summed E-state index contributed by atoms with van der Waals surface area (Å²) in [5, 5.41) is 0. The molecule has 2 atom stereocenters. The Labute approximate surface area is 200 Å². The van der Waals surface area contributed by atoms with Crippen LogP contribution in [0.3, 0.4) is 0 Å². The number of carbonyl (C=O) groups excluding carboxylic acids is 1. The fourth-order valence-corrected chi connectivity index (χ4v) is 3.60. The number of ether oxygens (including phenoxy) is 2. The van der Waals surface area contributed by atoms with Crippen molar-refractivity contribution >= 4 is 11.8 Å². The maximum atomic E-state index is 14.7. The fourth-order valence-electron chi connectivity index (χ4n) is 3.60. The Morgan fingerprint density at radius 2 is 2.03 bits per heavy atom. The summed E-state index contributed by atoms with van der Waals surface area (Å²) in [5.41, 5.74) is 2.77. The monoisotopic (exact) mass is 511 g/mol. The first-order valence-electron chi connectivity index (χ1n) is 10.4. The standard InChI is InChI=1S/C22H18F5N5O4/c23-11-21(7-17(22(25,26)27)36-20(28)32-21)13-5-12(1-2-14(13)24)6-16(33)15-8-31-18(9-30-15)35-10-19-29-3-4-34-19/h1-5,8-9,17H,6-7,10-11H2,(H2,28,32)/t17-,21+/m0/s1. The quantitative estimate of drug-likeness (QED) is 0.360. The summed E-state index contributed by atoms with van der Waals surface area (Å²) >= 11 is 0. The minimum Gasteiger partial charge on any atom is -0.467 e. The van der Waals surface area contributed by atoms with Crippen LogP contribution in [0.1, 0.15) is 33.9 Å². The zero-order chi connectivity index (χ0) is 25.9. The van der Waals surface area contributed by atoms with Gasteiger partial charge in [-0.05, 0) is 17.7 Å². The molecule has 0 aliphatic carbocycles. The number of halogens is 5. The third-order valence-corrected chi connectivity index (χ3v) is 5.33. The second kappa shape index (κ2) is 9.87. The van der Waals surface area contributed by atoms with Crippen molar-refractivity contribution in [1.82, 2.24) is 15.0 Å². The largest absolute Gasteiger partial charge is 0.467 e. The Balaban J connectivity index is 1.52. The van der Waals surface area contributed by atoms with E-state index < -0.39 is 54.1 Å². The van der Waals surface area contributed by atoms with Crippen LogP contribution in [0.5, 0.6) is 5.88 Å². The van der Waals surface area contributed by atoms with Gasteiger partial charge in [-0.25, -0.2) is 28.7 Å². The molecule has 3 aromatic rings. The molecule has 0 spiro atoms. The predicted octanol–water partition coefficient (Wildman–Crippen LogP) is 3.44. The van der Waals surface area contributed by atoms with Gasteiger partial charge in [0.25, 0.3) is 6.02 Å². The molecule has 0 saturated heterocycles. The Hall–Kier alpha value is -4.10. The first-order valence-corrected chi connectivity index (χ1v) is 10.4. The van der Waals surface area contributed by atoms with Gasteiger partial charge in [-0.1, -0.05) is 6.07 Å². The van der Waals surface area contributed by atoms with Crippen LogP contribution in [-0.2, 0) is 23.3 Å². The molecule has 2 N–H and O–H groups in total. The number of amidine groups is 1. The van der Waals surface area contributed by atoms with Crippen molar-refractivity contribution in [3.63, 3.8) is 0 Å². The van der Waals surface area contributed by atoms with Crippen LogP contribution in [0, 0.1) is 5.82 Å². The van der Waals surface area contributed by atoms with Crippen molar-refractivity contribution in [1.29, 1.82) is 0 Å². The van der Waals surface area contributed by atoms with Gasteiger partial charge in [-0.2, -0.15) is 13.2 Å². The number of nitrogens with two attached hydrogens (primary N) is 1. The number of Topliss-reactive ketones (excluding diaryl/α,β-unsaturated/α-hetero) is 1. The minimum absolute atomic E-state index is 0.00309. The number of rotatable bonds is 8. The van der Waals surface area contributed by atoms with Gasteiger partial charge < -0.3 is 19.6 Å². The number of oxazole rings is 1. The molecule has 3 heterocycles. The summed E-state index contributed by atoms with van der Waals surface area (Å²) < 4.78 is 83.5. The number of hydrogen-bond donors (Lipinski definition) is 1. The molecule has 1 aliphatic heterocycles. The normalized spacial score (nSPS) is 19.9. The second-order valence-electron chi connectivity index (χ2n) is 7.84. The summed E-state index contributed by atoms with van der Waals surface area (Å²) in [5.74, 6) is -1.12. The lowest BCUT2D eigenvalue weighted by atomic mass is 9.83. The van der Waals surface area contributed by atoms with E-state index in [0.717, 1.165) is 18.3 Å². The van der Waals surface area contributed by atoms with Crippen LogP contribution < -0.4 is 10.5 Å². The lowest BCUT2D eigenvalue weighted by Crippen LogP contribution is -2.48. The van der Waals surface area contributed by atoms with Crippen molar-refractivity contribution in [2.75, 3.05) is 6.67 Å². The topological polar surface area (TPSA) is 126 Å². The third kappa shape index (κ3) is 5.42. The molecule has 1 aromatic carbocycles. The summed E-state index contributed by atoms with van der Waals surface area (Å²) in [7, 11) is 0. The molecule has 4 rings (SSSR count).